The summed E-state index contributed by atoms with van der Waals surface area (Å²) in [6, 6.07) is -1.70. The quantitative estimate of drug-likeness (QED) is 0.0839. The zero-order chi connectivity index (χ0) is 33.7. The zero-order valence-corrected chi connectivity index (χ0v) is 28.4. The first-order valence-electron chi connectivity index (χ1n) is 16.0. The highest BCUT2D eigenvalue weighted by Gasteiger charge is 2.72. The van der Waals surface area contributed by atoms with Crippen LogP contribution in [0.15, 0.2) is 0 Å². The van der Waals surface area contributed by atoms with Gasteiger partial charge < -0.3 is 52.8 Å². The van der Waals surface area contributed by atoms with Crippen LogP contribution < -0.4 is 0 Å². The molecule has 0 saturated carbocycles. The third-order valence-corrected chi connectivity index (χ3v) is 6.20. The van der Waals surface area contributed by atoms with Crippen LogP contribution in [0.2, 0.25) is 0 Å². The Kier molecular flexibility index (Phi) is 22.2. The SMILES string of the molecule is CCCCOC(OCC)(N(C(CCC(=O)O)C(=O)O)C(OCC)(OCCC)C(OCC)OCC)C(OCC)(OCC)OCC. The Morgan fingerprint density at radius 2 is 1.16 bits per heavy atom. The molecule has 0 bridgehead atoms. The van der Waals surface area contributed by atoms with Crippen molar-refractivity contribution in [3.8, 4) is 0 Å². The van der Waals surface area contributed by atoms with Crippen molar-refractivity contribution in [3.05, 3.63) is 0 Å². The van der Waals surface area contributed by atoms with Gasteiger partial charge in [0, 0.05) is 52.7 Å². The van der Waals surface area contributed by atoms with E-state index < -0.39 is 54.9 Å². The van der Waals surface area contributed by atoms with Gasteiger partial charge in [-0.3, -0.25) is 9.59 Å². The van der Waals surface area contributed by atoms with Crippen molar-refractivity contribution < 1.29 is 62.4 Å². The van der Waals surface area contributed by atoms with Gasteiger partial charge in [-0.25, -0.2) is 0 Å². The lowest BCUT2D eigenvalue weighted by Crippen LogP contribution is -2.81. The van der Waals surface area contributed by atoms with Crippen molar-refractivity contribution in [2.24, 2.45) is 0 Å². The monoisotopic (exact) mass is 641 g/mol. The van der Waals surface area contributed by atoms with Crippen LogP contribution in [0, 0.1) is 0 Å². The van der Waals surface area contributed by atoms with E-state index in [-0.39, 0.29) is 59.5 Å². The molecular formula is C30H59NO13. The minimum atomic E-state index is -2.38. The summed E-state index contributed by atoms with van der Waals surface area (Å²) in [4.78, 5) is 26.4. The second-order valence-corrected chi connectivity index (χ2v) is 9.38. The summed E-state index contributed by atoms with van der Waals surface area (Å²) in [7, 11) is 0. The molecule has 0 saturated heterocycles. The van der Waals surface area contributed by atoms with Crippen LogP contribution in [0.3, 0.4) is 0 Å². The van der Waals surface area contributed by atoms with Gasteiger partial charge in [-0.05, 0) is 67.7 Å². The van der Waals surface area contributed by atoms with E-state index in [1.165, 1.54) is 4.90 Å². The first kappa shape index (κ1) is 42.5. The summed E-state index contributed by atoms with van der Waals surface area (Å²) < 4.78 is 56.8. The van der Waals surface area contributed by atoms with Crippen LogP contribution in [0.5, 0.6) is 0 Å². The molecule has 0 aliphatic rings. The van der Waals surface area contributed by atoms with Gasteiger partial charge in [0.05, 0.1) is 13.2 Å². The Morgan fingerprint density at radius 1 is 0.636 bits per heavy atom. The number of hydrogen-bond acceptors (Lipinski definition) is 12. The molecule has 0 fully saturated rings. The maximum Gasteiger partial charge on any atom is 0.357 e. The van der Waals surface area contributed by atoms with Gasteiger partial charge in [-0.15, -0.1) is 0 Å². The van der Waals surface area contributed by atoms with E-state index >= 15 is 0 Å². The maximum absolute atomic E-state index is 13.3. The van der Waals surface area contributed by atoms with Crippen LogP contribution in [-0.4, -0.2) is 117 Å². The Bertz CT molecular complexity index is 750. The van der Waals surface area contributed by atoms with E-state index in [1.807, 2.05) is 13.8 Å². The molecule has 3 unspecified atom stereocenters. The highest BCUT2D eigenvalue weighted by atomic mass is 16.9. The molecule has 44 heavy (non-hydrogen) atoms. The Labute approximate surface area is 263 Å². The number of aliphatic carboxylic acids is 2. The van der Waals surface area contributed by atoms with Crippen molar-refractivity contribution in [2.45, 2.75) is 125 Å². The summed E-state index contributed by atoms with van der Waals surface area (Å²) >= 11 is 0. The summed E-state index contributed by atoms with van der Waals surface area (Å²) in [5.41, 5.74) is 0. The summed E-state index contributed by atoms with van der Waals surface area (Å²) in [5.74, 6) is -9.44. The number of hydrogen-bond donors (Lipinski definition) is 2. The molecule has 0 rings (SSSR count). The molecule has 14 heteroatoms. The van der Waals surface area contributed by atoms with Crippen molar-refractivity contribution in [1.82, 2.24) is 4.90 Å². The highest BCUT2D eigenvalue weighted by molar-refractivity contribution is 5.75. The molecular weight excluding hydrogens is 582 g/mol. The molecule has 262 valence electrons. The average molecular weight is 642 g/mol. The van der Waals surface area contributed by atoms with Crippen molar-refractivity contribution in [2.75, 3.05) is 59.5 Å². The fourth-order valence-corrected chi connectivity index (χ4v) is 4.72. The van der Waals surface area contributed by atoms with E-state index in [2.05, 4.69) is 0 Å². The second kappa shape index (κ2) is 23.0. The minimum absolute atomic E-state index is 0.00972. The summed E-state index contributed by atoms with van der Waals surface area (Å²) in [5, 5.41) is 20.5. The third-order valence-electron chi connectivity index (χ3n) is 6.20. The molecule has 0 amide bonds. The van der Waals surface area contributed by atoms with Gasteiger partial charge >= 0.3 is 23.8 Å². The van der Waals surface area contributed by atoms with E-state index in [4.69, 9.17) is 42.6 Å². The second-order valence-electron chi connectivity index (χ2n) is 9.38. The number of carboxylic acid groups (broad SMARTS) is 2. The lowest BCUT2D eigenvalue weighted by atomic mass is 10.0. The largest absolute Gasteiger partial charge is 0.481 e. The predicted octanol–water partition coefficient (Wildman–Crippen LogP) is 4.39. The smallest absolute Gasteiger partial charge is 0.357 e. The van der Waals surface area contributed by atoms with Crippen molar-refractivity contribution in [1.29, 1.82) is 0 Å². The van der Waals surface area contributed by atoms with Crippen LogP contribution in [0.1, 0.15) is 94.4 Å². The maximum atomic E-state index is 13.3. The van der Waals surface area contributed by atoms with E-state index in [0.29, 0.717) is 12.8 Å². The normalized spacial score (nSPS) is 15.8. The molecule has 0 aliphatic carbocycles. The van der Waals surface area contributed by atoms with Crippen molar-refractivity contribution in [3.63, 3.8) is 0 Å². The molecule has 0 aromatic rings. The van der Waals surface area contributed by atoms with Gasteiger partial charge in [-0.1, -0.05) is 20.3 Å². The standard InChI is InChI=1S/C30H59NO13/c1-10-19-23-44-29(39-15-6,30(40-16-7,41-17-8)42-18-9)31(24(26(34)35)20-21-25(32)33)28(38-14-5,43-22-11-2)27(36-12-3)37-13-4/h24,27H,10-23H2,1-9H3,(H,32,33)(H,34,35). The zero-order valence-electron chi connectivity index (χ0n) is 28.4. The number of rotatable bonds is 30. The van der Waals surface area contributed by atoms with Crippen LogP contribution in [0.4, 0.5) is 0 Å². The number of carbonyl (C=O) groups is 2. The Morgan fingerprint density at radius 3 is 1.55 bits per heavy atom. The minimum Gasteiger partial charge on any atom is -0.481 e. The number of carboxylic acids is 2. The molecule has 0 spiro atoms. The van der Waals surface area contributed by atoms with Gasteiger partial charge in [-0.2, -0.15) is 4.90 Å². The molecule has 3 atom stereocenters. The van der Waals surface area contributed by atoms with Gasteiger partial charge in [0.15, 0.2) is 0 Å². The first-order valence-corrected chi connectivity index (χ1v) is 16.0. The number of ether oxygens (including phenoxy) is 9. The Balaban J connectivity index is 8.56. The molecule has 2 N–H and O–H groups in total. The first-order chi connectivity index (χ1) is 21.1. The summed E-state index contributed by atoms with van der Waals surface area (Å²) in [6.07, 6.45) is -0.586. The Hall–Kier alpha value is -1.46. The van der Waals surface area contributed by atoms with Crippen LogP contribution in [0.25, 0.3) is 0 Å². The van der Waals surface area contributed by atoms with E-state index in [0.717, 1.165) is 6.42 Å². The lowest BCUT2D eigenvalue weighted by molar-refractivity contribution is -0.569. The van der Waals surface area contributed by atoms with E-state index in [9.17, 15) is 19.8 Å². The van der Waals surface area contributed by atoms with Crippen LogP contribution >= 0.6 is 0 Å². The average Bonchev–Trinajstić information content (AvgIpc) is 2.97. The molecule has 0 aromatic heterocycles. The number of nitrogens with zero attached hydrogens (tertiary/aromatic N) is 1. The highest BCUT2D eigenvalue weighted by Crippen LogP contribution is 2.46. The van der Waals surface area contributed by atoms with Crippen molar-refractivity contribution >= 4 is 11.9 Å². The third kappa shape index (κ3) is 11.1. The van der Waals surface area contributed by atoms with Gasteiger partial charge in [0.1, 0.15) is 6.04 Å². The fraction of sp³-hybridized carbons (Fsp3) is 0.933. The summed E-state index contributed by atoms with van der Waals surface area (Å²) in [6.45, 7) is 16.2. The predicted molar refractivity (Wildman–Crippen MR) is 161 cm³/mol. The topological polar surface area (TPSA) is 161 Å². The fourth-order valence-electron chi connectivity index (χ4n) is 4.72. The van der Waals surface area contributed by atoms with Crippen LogP contribution in [-0.2, 0) is 52.2 Å². The number of unbranched alkanes of at least 4 members (excludes halogenated alkanes) is 1. The van der Waals surface area contributed by atoms with E-state index in [1.54, 1.807) is 48.5 Å². The van der Waals surface area contributed by atoms with Gasteiger partial charge in [0.25, 0.3) is 5.91 Å². The molecule has 0 radical (unpaired) electrons. The molecule has 0 aromatic carbocycles. The molecule has 0 heterocycles. The van der Waals surface area contributed by atoms with Gasteiger partial charge in [0.2, 0.25) is 6.29 Å². The lowest BCUT2D eigenvalue weighted by Gasteiger charge is -2.58. The molecule has 14 nitrogen and oxygen atoms in total. The molecule has 0 aliphatic heterocycles.